The summed E-state index contributed by atoms with van der Waals surface area (Å²) < 4.78 is 25.6. The molecule has 0 aromatic heterocycles. The van der Waals surface area contributed by atoms with Crippen LogP contribution in [0.4, 0.5) is 8.78 Å². The van der Waals surface area contributed by atoms with Crippen LogP contribution in [0, 0.1) is 11.6 Å². The lowest BCUT2D eigenvalue weighted by molar-refractivity contribution is 0.154. The normalized spacial score (nSPS) is 12.8. The first-order chi connectivity index (χ1) is 7.11. The smallest absolute Gasteiger partial charge is 0.126 e. The Hall–Kier alpha value is -0.960. The van der Waals surface area contributed by atoms with Gasteiger partial charge >= 0.3 is 0 Å². The Morgan fingerprint density at radius 3 is 2.27 bits per heavy atom. The van der Waals surface area contributed by atoms with Crippen LogP contribution in [-0.2, 0) is 6.42 Å². The highest BCUT2D eigenvalue weighted by atomic mass is 19.1. The molecule has 0 saturated carbocycles. The van der Waals surface area contributed by atoms with Crippen LogP contribution in [-0.4, -0.2) is 11.2 Å². The average molecular weight is 214 g/mol. The fourth-order valence-corrected chi connectivity index (χ4v) is 1.57. The van der Waals surface area contributed by atoms with E-state index < -0.39 is 11.6 Å². The zero-order valence-corrected chi connectivity index (χ0v) is 8.84. The summed E-state index contributed by atoms with van der Waals surface area (Å²) in [5.74, 6) is -1.12. The molecule has 0 spiro atoms. The predicted octanol–water partition coefficient (Wildman–Crippen LogP) is 3.06. The fourth-order valence-electron chi connectivity index (χ4n) is 1.57. The number of benzene rings is 1. The number of hydrogen-bond donors (Lipinski definition) is 1. The molecule has 0 fully saturated rings. The van der Waals surface area contributed by atoms with Crippen molar-refractivity contribution in [2.24, 2.45) is 0 Å². The standard InChI is InChI=1S/C12H16F2O/c1-2-3-12(15)5-4-9-6-10(13)8-11(14)7-9/h6-8,12,15H,2-5H2,1H3. The number of hydrogen-bond acceptors (Lipinski definition) is 1. The maximum atomic E-state index is 12.8. The topological polar surface area (TPSA) is 20.2 Å². The molecule has 0 aliphatic rings. The van der Waals surface area contributed by atoms with Gasteiger partial charge in [0.1, 0.15) is 11.6 Å². The summed E-state index contributed by atoms with van der Waals surface area (Å²) in [5.41, 5.74) is 0.600. The van der Waals surface area contributed by atoms with E-state index in [0.717, 1.165) is 18.9 Å². The van der Waals surface area contributed by atoms with Crippen molar-refractivity contribution in [2.75, 3.05) is 0 Å². The summed E-state index contributed by atoms with van der Waals surface area (Å²) in [6.07, 6.45) is 2.34. The van der Waals surface area contributed by atoms with E-state index in [1.54, 1.807) is 0 Å². The van der Waals surface area contributed by atoms with E-state index in [2.05, 4.69) is 0 Å². The van der Waals surface area contributed by atoms with Crippen molar-refractivity contribution in [1.82, 2.24) is 0 Å². The van der Waals surface area contributed by atoms with E-state index >= 15 is 0 Å². The van der Waals surface area contributed by atoms with E-state index in [1.807, 2.05) is 6.92 Å². The number of halogens is 2. The first-order valence-electron chi connectivity index (χ1n) is 5.25. The van der Waals surface area contributed by atoms with Crippen LogP contribution < -0.4 is 0 Å². The van der Waals surface area contributed by atoms with Gasteiger partial charge in [0.15, 0.2) is 0 Å². The molecule has 1 aromatic carbocycles. The van der Waals surface area contributed by atoms with E-state index in [4.69, 9.17) is 0 Å². The third kappa shape index (κ3) is 4.38. The minimum Gasteiger partial charge on any atom is -0.393 e. The van der Waals surface area contributed by atoms with Crippen molar-refractivity contribution in [3.63, 3.8) is 0 Å². The summed E-state index contributed by atoms with van der Waals surface area (Å²) in [6.45, 7) is 1.99. The molecule has 0 radical (unpaired) electrons. The summed E-state index contributed by atoms with van der Waals surface area (Å²) in [6, 6.07) is 3.47. The van der Waals surface area contributed by atoms with Gasteiger partial charge in [0.05, 0.1) is 6.10 Å². The van der Waals surface area contributed by atoms with E-state index in [1.165, 1.54) is 12.1 Å². The number of aryl methyl sites for hydroxylation is 1. The molecule has 0 bridgehead atoms. The van der Waals surface area contributed by atoms with Crippen LogP contribution in [0.2, 0.25) is 0 Å². The van der Waals surface area contributed by atoms with Gasteiger partial charge in [0, 0.05) is 6.07 Å². The molecule has 0 aliphatic heterocycles. The van der Waals surface area contributed by atoms with Crippen molar-refractivity contribution in [2.45, 2.75) is 38.7 Å². The predicted molar refractivity (Wildman–Crippen MR) is 55.6 cm³/mol. The third-order valence-electron chi connectivity index (χ3n) is 2.31. The molecule has 0 saturated heterocycles. The first kappa shape index (κ1) is 12.1. The molecule has 1 aromatic rings. The molecule has 0 aliphatic carbocycles. The lowest BCUT2D eigenvalue weighted by Crippen LogP contribution is -2.07. The number of aliphatic hydroxyl groups is 1. The number of aliphatic hydroxyl groups excluding tert-OH is 1. The van der Waals surface area contributed by atoms with Crippen molar-refractivity contribution in [3.8, 4) is 0 Å². The van der Waals surface area contributed by atoms with Crippen LogP contribution in [0.5, 0.6) is 0 Å². The minimum atomic E-state index is -0.560. The Kier molecular flexibility index (Phi) is 4.69. The van der Waals surface area contributed by atoms with Crippen molar-refractivity contribution in [1.29, 1.82) is 0 Å². The molecular formula is C12H16F2O. The van der Waals surface area contributed by atoms with Gasteiger partial charge in [-0.3, -0.25) is 0 Å². The van der Waals surface area contributed by atoms with Crippen LogP contribution in [0.3, 0.4) is 0 Å². The van der Waals surface area contributed by atoms with Crippen LogP contribution >= 0.6 is 0 Å². The van der Waals surface area contributed by atoms with Gasteiger partial charge in [-0.2, -0.15) is 0 Å². The van der Waals surface area contributed by atoms with E-state index in [-0.39, 0.29) is 6.10 Å². The minimum absolute atomic E-state index is 0.374. The Bertz CT molecular complexity index is 292. The quantitative estimate of drug-likeness (QED) is 0.798. The molecule has 1 atom stereocenters. The Morgan fingerprint density at radius 1 is 1.13 bits per heavy atom. The van der Waals surface area contributed by atoms with Gasteiger partial charge in [0.25, 0.3) is 0 Å². The van der Waals surface area contributed by atoms with Crippen LogP contribution in [0.15, 0.2) is 18.2 Å². The average Bonchev–Trinajstić information content (AvgIpc) is 2.14. The summed E-state index contributed by atoms with van der Waals surface area (Å²) in [5, 5.41) is 9.46. The lowest BCUT2D eigenvalue weighted by atomic mass is 10.0. The van der Waals surface area contributed by atoms with Gasteiger partial charge in [-0.15, -0.1) is 0 Å². The van der Waals surface area contributed by atoms with Crippen molar-refractivity contribution < 1.29 is 13.9 Å². The van der Waals surface area contributed by atoms with Gasteiger partial charge < -0.3 is 5.11 Å². The monoisotopic (exact) mass is 214 g/mol. The fraction of sp³-hybridized carbons (Fsp3) is 0.500. The highest BCUT2D eigenvalue weighted by Crippen LogP contribution is 2.12. The Morgan fingerprint density at radius 2 is 1.73 bits per heavy atom. The molecule has 0 heterocycles. The molecule has 1 N–H and O–H groups in total. The molecule has 1 rings (SSSR count). The second-order valence-corrected chi connectivity index (χ2v) is 3.76. The Labute approximate surface area is 88.7 Å². The highest BCUT2D eigenvalue weighted by molar-refractivity contribution is 5.17. The van der Waals surface area contributed by atoms with Crippen LogP contribution in [0.1, 0.15) is 31.7 Å². The van der Waals surface area contributed by atoms with Gasteiger partial charge in [-0.25, -0.2) is 8.78 Å². The largest absolute Gasteiger partial charge is 0.393 e. The van der Waals surface area contributed by atoms with Gasteiger partial charge in [0.2, 0.25) is 0 Å². The zero-order valence-electron chi connectivity index (χ0n) is 8.84. The lowest BCUT2D eigenvalue weighted by Gasteiger charge is -2.08. The summed E-state index contributed by atoms with van der Waals surface area (Å²) in [4.78, 5) is 0. The highest BCUT2D eigenvalue weighted by Gasteiger charge is 2.05. The molecule has 15 heavy (non-hydrogen) atoms. The van der Waals surface area contributed by atoms with Crippen molar-refractivity contribution >= 4 is 0 Å². The molecule has 0 amide bonds. The summed E-state index contributed by atoms with van der Waals surface area (Å²) in [7, 11) is 0. The second kappa shape index (κ2) is 5.81. The van der Waals surface area contributed by atoms with Gasteiger partial charge in [-0.1, -0.05) is 13.3 Å². The third-order valence-corrected chi connectivity index (χ3v) is 2.31. The number of rotatable bonds is 5. The second-order valence-electron chi connectivity index (χ2n) is 3.76. The first-order valence-corrected chi connectivity index (χ1v) is 5.25. The Balaban J connectivity index is 2.50. The van der Waals surface area contributed by atoms with Crippen LogP contribution in [0.25, 0.3) is 0 Å². The van der Waals surface area contributed by atoms with E-state index in [0.29, 0.717) is 18.4 Å². The summed E-state index contributed by atoms with van der Waals surface area (Å²) >= 11 is 0. The molecular weight excluding hydrogens is 198 g/mol. The zero-order chi connectivity index (χ0) is 11.3. The molecule has 3 heteroatoms. The maximum absolute atomic E-state index is 12.8. The van der Waals surface area contributed by atoms with E-state index in [9.17, 15) is 13.9 Å². The van der Waals surface area contributed by atoms with Gasteiger partial charge in [-0.05, 0) is 37.0 Å². The molecule has 84 valence electrons. The molecule has 1 nitrogen and oxygen atoms in total. The van der Waals surface area contributed by atoms with Crippen molar-refractivity contribution in [3.05, 3.63) is 35.4 Å². The maximum Gasteiger partial charge on any atom is 0.126 e. The molecule has 1 unspecified atom stereocenters. The SMILES string of the molecule is CCCC(O)CCc1cc(F)cc(F)c1.